The van der Waals surface area contributed by atoms with Gasteiger partial charge in [0, 0.05) is 19.2 Å². The number of carbonyl (C=O) groups is 2. The van der Waals surface area contributed by atoms with E-state index in [2.05, 4.69) is 20.8 Å². The zero-order valence-electron chi connectivity index (χ0n) is 15.4. The topological polar surface area (TPSA) is 135 Å². The molecule has 10 nitrogen and oxygen atoms in total. The van der Waals surface area contributed by atoms with Gasteiger partial charge in [-0.1, -0.05) is 25.4 Å². The summed E-state index contributed by atoms with van der Waals surface area (Å²) < 4.78 is 2.04. The third-order valence-electron chi connectivity index (χ3n) is 4.04. The number of aromatic amines is 1. The number of nitro groups is 1. The molecule has 28 heavy (non-hydrogen) atoms. The molecule has 0 radical (unpaired) electrons. The summed E-state index contributed by atoms with van der Waals surface area (Å²) >= 11 is 11.0. The number of hydrogen-bond acceptors (Lipinski definition) is 6. The fourth-order valence-corrected chi connectivity index (χ4v) is 2.78. The molecule has 12 heteroatoms. The van der Waals surface area contributed by atoms with Crippen LogP contribution in [-0.2, 0) is 18.4 Å². The first kappa shape index (κ1) is 21.5. The lowest BCUT2D eigenvalue weighted by atomic mass is 10.0. The summed E-state index contributed by atoms with van der Waals surface area (Å²) in [5, 5.41) is 22.7. The van der Waals surface area contributed by atoms with Crippen molar-refractivity contribution in [3.05, 3.63) is 49.5 Å². The van der Waals surface area contributed by atoms with Crippen LogP contribution in [0.2, 0.25) is 5.02 Å². The van der Waals surface area contributed by atoms with Gasteiger partial charge in [0.2, 0.25) is 5.91 Å². The van der Waals surface area contributed by atoms with Crippen LogP contribution >= 0.6 is 23.8 Å². The van der Waals surface area contributed by atoms with Crippen molar-refractivity contribution in [1.29, 1.82) is 0 Å². The molecule has 1 unspecified atom stereocenters. The fraction of sp³-hybridized carbons (Fsp3) is 0.375. The average Bonchev–Trinajstić information content (AvgIpc) is 2.95. The Bertz CT molecular complexity index is 970. The van der Waals surface area contributed by atoms with E-state index in [0.717, 1.165) is 6.07 Å². The van der Waals surface area contributed by atoms with Gasteiger partial charge in [0.15, 0.2) is 10.6 Å². The van der Waals surface area contributed by atoms with Gasteiger partial charge in [0.25, 0.3) is 11.6 Å². The molecule has 1 aromatic heterocycles. The van der Waals surface area contributed by atoms with E-state index >= 15 is 0 Å². The Morgan fingerprint density at radius 2 is 2.11 bits per heavy atom. The Hall–Kier alpha value is -2.79. The third kappa shape index (κ3) is 4.93. The standard InChI is InChI=1S/C16H19ClN6O4S/c1-8(2)13(15(25)18-7-12-20-21-16(28)22(12)3)19-14(24)10-5-4-9(23(26)27)6-11(10)17/h4-6,8,13H,7H2,1-3H3,(H,18,25)(H,19,24)(H,21,28). The Morgan fingerprint density at radius 3 is 2.61 bits per heavy atom. The molecular formula is C16H19ClN6O4S. The maximum Gasteiger partial charge on any atom is 0.270 e. The minimum absolute atomic E-state index is 0.0418. The van der Waals surface area contributed by atoms with Crippen LogP contribution in [-0.4, -0.2) is 37.5 Å². The summed E-state index contributed by atoms with van der Waals surface area (Å²) in [5.74, 6) is -0.698. The highest BCUT2D eigenvalue weighted by Crippen LogP contribution is 2.22. The average molecular weight is 427 g/mol. The van der Waals surface area contributed by atoms with Crippen molar-refractivity contribution in [2.75, 3.05) is 0 Å². The number of nitro benzene ring substituents is 1. The number of amides is 2. The zero-order chi connectivity index (χ0) is 21.0. The van der Waals surface area contributed by atoms with Crippen LogP contribution in [0.15, 0.2) is 18.2 Å². The van der Waals surface area contributed by atoms with Crippen molar-refractivity contribution in [2.45, 2.75) is 26.4 Å². The molecule has 3 N–H and O–H groups in total. The van der Waals surface area contributed by atoms with Crippen molar-refractivity contribution in [3.63, 3.8) is 0 Å². The largest absolute Gasteiger partial charge is 0.347 e. The molecule has 1 aromatic carbocycles. The number of nitrogens with zero attached hydrogens (tertiary/aromatic N) is 3. The highest BCUT2D eigenvalue weighted by molar-refractivity contribution is 7.71. The first-order valence-electron chi connectivity index (χ1n) is 8.24. The second-order valence-corrected chi connectivity index (χ2v) is 7.13. The van der Waals surface area contributed by atoms with Gasteiger partial charge < -0.3 is 15.2 Å². The molecule has 0 spiro atoms. The number of benzene rings is 1. The third-order valence-corrected chi connectivity index (χ3v) is 4.71. The minimum atomic E-state index is -0.842. The molecule has 0 bridgehead atoms. The number of rotatable bonds is 7. The van der Waals surface area contributed by atoms with E-state index in [-0.39, 0.29) is 28.7 Å². The van der Waals surface area contributed by atoms with Crippen LogP contribution in [0.3, 0.4) is 0 Å². The van der Waals surface area contributed by atoms with Gasteiger partial charge >= 0.3 is 0 Å². The number of nitrogens with one attached hydrogen (secondary N) is 3. The van der Waals surface area contributed by atoms with Crippen LogP contribution in [0.25, 0.3) is 0 Å². The van der Waals surface area contributed by atoms with Crippen LogP contribution in [0.5, 0.6) is 0 Å². The van der Waals surface area contributed by atoms with Crippen LogP contribution in [0.4, 0.5) is 5.69 Å². The first-order valence-corrected chi connectivity index (χ1v) is 9.03. The summed E-state index contributed by atoms with van der Waals surface area (Å²) in [7, 11) is 1.71. The normalized spacial score (nSPS) is 11.9. The molecule has 2 amide bonds. The summed E-state index contributed by atoms with van der Waals surface area (Å²) in [6, 6.07) is 2.67. The zero-order valence-corrected chi connectivity index (χ0v) is 16.9. The molecule has 0 aliphatic carbocycles. The molecule has 2 rings (SSSR count). The molecule has 2 aromatic rings. The summed E-state index contributed by atoms with van der Waals surface area (Å²) in [4.78, 5) is 35.2. The Balaban J connectivity index is 2.10. The van der Waals surface area contributed by atoms with Crippen LogP contribution in [0, 0.1) is 20.8 Å². The van der Waals surface area contributed by atoms with Crippen molar-refractivity contribution in [2.24, 2.45) is 13.0 Å². The molecule has 150 valence electrons. The number of hydrogen-bond donors (Lipinski definition) is 3. The second kappa shape index (κ2) is 8.93. The lowest BCUT2D eigenvalue weighted by molar-refractivity contribution is -0.384. The van der Waals surface area contributed by atoms with E-state index in [1.54, 1.807) is 25.5 Å². The monoisotopic (exact) mass is 426 g/mol. The van der Waals surface area contributed by atoms with Crippen molar-refractivity contribution >= 4 is 41.3 Å². The number of halogens is 1. The lowest BCUT2D eigenvalue weighted by Crippen LogP contribution is -2.49. The highest BCUT2D eigenvalue weighted by atomic mass is 35.5. The maximum atomic E-state index is 12.5. The van der Waals surface area contributed by atoms with Gasteiger partial charge in [-0.3, -0.25) is 24.8 Å². The molecule has 0 aliphatic heterocycles. The van der Waals surface area contributed by atoms with E-state index in [1.807, 2.05) is 0 Å². The summed E-state index contributed by atoms with van der Waals surface area (Å²) in [5.41, 5.74) is -0.187. The molecular weight excluding hydrogens is 408 g/mol. The van der Waals surface area contributed by atoms with E-state index in [1.165, 1.54) is 12.1 Å². The fourth-order valence-electron chi connectivity index (χ4n) is 2.37. The summed E-state index contributed by atoms with van der Waals surface area (Å²) in [6.45, 7) is 3.68. The van der Waals surface area contributed by atoms with Crippen molar-refractivity contribution in [1.82, 2.24) is 25.4 Å². The number of non-ortho nitro benzene ring substituents is 1. The molecule has 0 fully saturated rings. The minimum Gasteiger partial charge on any atom is -0.347 e. The van der Waals surface area contributed by atoms with Crippen LogP contribution < -0.4 is 10.6 Å². The number of carbonyl (C=O) groups excluding carboxylic acids is 2. The van der Waals surface area contributed by atoms with E-state index < -0.39 is 22.8 Å². The Morgan fingerprint density at radius 1 is 1.43 bits per heavy atom. The van der Waals surface area contributed by atoms with Crippen LogP contribution in [0.1, 0.15) is 30.0 Å². The van der Waals surface area contributed by atoms with Crippen molar-refractivity contribution in [3.8, 4) is 0 Å². The molecule has 1 heterocycles. The van der Waals surface area contributed by atoms with E-state index in [9.17, 15) is 19.7 Å². The molecule has 0 saturated carbocycles. The van der Waals surface area contributed by atoms with Gasteiger partial charge in [0.05, 0.1) is 22.1 Å². The maximum absolute atomic E-state index is 12.5. The lowest BCUT2D eigenvalue weighted by Gasteiger charge is -2.22. The molecule has 0 aliphatic rings. The quantitative estimate of drug-likeness (QED) is 0.352. The summed E-state index contributed by atoms with van der Waals surface area (Å²) in [6.07, 6.45) is 0. The Kier molecular flexibility index (Phi) is 6.86. The van der Waals surface area contributed by atoms with Gasteiger partial charge in [0.1, 0.15) is 6.04 Å². The predicted octanol–water partition coefficient (Wildman–Crippen LogP) is 2.11. The van der Waals surface area contributed by atoms with Gasteiger partial charge in [-0.15, -0.1) is 0 Å². The van der Waals surface area contributed by atoms with Gasteiger partial charge in [-0.2, -0.15) is 5.10 Å². The number of H-pyrrole nitrogens is 1. The predicted molar refractivity (Wildman–Crippen MR) is 104 cm³/mol. The molecule has 0 saturated heterocycles. The SMILES string of the molecule is CC(C)C(NC(=O)c1ccc([N+](=O)[O-])cc1Cl)C(=O)NCc1n[nH]c(=S)n1C. The van der Waals surface area contributed by atoms with Crippen molar-refractivity contribution < 1.29 is 14.5 Å². The van der Waals surface area contributed by atoms with E-state index in [0.29, 0.717) is 10.6 Å². The Labute approximate surface area is 170 Å². The van der Waals surface area contributed by atoms with Gasteiger partial charge in [-0.05, 0) is 24.2 Å². The smallest absolute Gasteiger partial charge is 0.270 e. The second-order valence-electron chi connectivity index (χ2n) is 6.34. The van der Waals surface area contributed by atoms with Gasteiger partial charge in [-0.25, -0.2) is 0 Å². The number of aromatic nitrogens is 3. The highest BCUT2D eigenvalue weighted by Gasteiger charge is 2.26. The molecule has 1 atom stereocenters. The van der Waals surface area contributed by atoms with E-state index in [4.69, 9.17) is 23.8 Å². The first-order chi connectivity index (χ1) is 13.1.